The van der Waals surface area contributed by atoms with Crippen LogP contribution in [0, 0.1) is 0 Å². The average Bonchev–Trinajstić information content (AvgIpc) is 2.92. The zero-order valence-corrected chi connectivity index (χ0v) is 12.2. The van der Waals surface area contributed by atoms with E-state index >= 15 is 0 Å². The summed E-state index contributed by atoms with van der Waals surface area (Å²) in [5.74, 6) is 0.369. The molecule has 20 heavy (non-hydrogen) atoms. The zero-order valence-electron chi connectivity index (χ0n) is 11.4. The van der Waals surface area contributed by atoms with Gasteiger partial charge in [-0.2, -0.15) is 9.40 Å². The number of H-pyrrole nitrogens is 1. The summed E-state index contributed by atoms with van der Waals surface area (Å²) in [6.45, 7) is 2.74. The average molecular weight is 295 g/mol. The molecule has 108 valence electrons. The second kappa shape index (κ2) is 6.02. The summed E-state index contributed by atoms with van der Waals surface area (Å²) in [5, 5.41) is 9.43. The van der Waals surface area contributed by atoms with Crippen LogP contribution >= 0.6 is 0 Å². The summed E-state index contributed by atoms with van der Waals surface area (Å²) in [7, 11) is -2.07. The fourth-order valence-electron chi connectivity index (χ4n) is 1.77. The van der Waals surface area contributed by atoms with E-state index in [9.17, 15) is 8.42 Å². The first kappa shape index (κ1) is 14.5. The number of anilines is 1. The lowest BCUT2D eigenvalue weighted by atomic mass is 10.4. The topological polar surface area (TPSA) is 91.0 Å². The zero-order chi connectivity index (χ0) is 14.6. The largest absolute Gasteiger partial charge is 0.369 e. The summed E-state index contributed by atoms with van der Waals surface area (Å²) in [6, 6.07) is 3.16. The van der Waals surface area contributed by atoms with Crippen molar-refractivity contribution in [3.63, 3.8) is 0 Å². The third kappa shape index (κ3) is 2.97. The van der Waals surface area contributed by atoms with E-state index in [1.54, 1.807) is 30.7 Å². The maximum Gasteiger partial charge on any atom is 0.246 e. The normalized spacial score (nSPS) is 11.8. The van der Waals surface area contributed by atoms with Crippen molar-refractivity contribution in [2.45, 2.75) is 18.4 Å². The van der Waals surface area contributed by atoms with Gasteiger partial charge in [0.2, 0.25) is 10.0 Å². The molecule has 2 heterocycles. The molecule has 2 aromatic rings. The fraction of sp³-hybridized carbons (Fsp3) is 0.333. The summed E-state index contributed by atoms with van der Waals surface area (Å²) in [6.07, 6.45) is 4.83. The molecule has 2 rings (SSSR count). The number of aromatic amines is 1. The Labute approximate surface area is 118 Å². The van der Waals surface area contributed by atoms with Gasteiger partial charge in [-0.15, -0.1) is 0 Å². The van der Waals surface area contributed by atoms with E-state index in [-0.39, 0.29) is 11.4 Å². The molecule has 2 N–H and O–H groups in total. The number of rotatable bonds is 6. The first-order valence-corrected chi connectivity index (χ1v) is 7.62. The molecular formula is C12H17N5O2S. The Kier molecular flexibility index (Phi) is 4.35. The van der Waals surface area contributed by atoms with Gasteiger partial charge in [-0.25, -0.2) is 13.4 Å². The number of hydrogen-bond donors (Lipinski definition) is 2. The molecule has 0 saturated heterocycles. The molecule has 0 saturated carbocycles. The Morgan fingerprint density at radius 3 is 2.90 bits per heavy atom. The molecule has 7 nitrogen and oxygen atoms in total. The van der Waals surface area contributed by atoms with Crippen LogP contribution in [0.5, 0.6) is 0 Å². The molecule has 0 atom stereocenters. The lowest BCUT2D eigenvalue weighted by Gasteiger charge is -2.18. The highest BCUT2D eigenvalue weighted by molar-refractivity contribution is 7.89. The van der Waals surface area contributed by atoms with Crippen molar-refractivity contribution < 1.29 is 8.42 Å². The summed E-state index contributed by atoms with van der Waals surface area (Å²) in [5.41, 5.74) is 0.796. The van der Waals surface area contributed by atoms with E-state index in [1.165, 1.54) is 11.4 Å². The molecule has 0 fully saturated rings. The molecule has 0 aliphatic rings. The lowest BCUT2D eigenvalue weighted by molar-refractivity contribution is 0.467. The van der Waals surface area contributed by atoms with Crippen molar-refractivity contribution in [2.75, 3.05) is 18.9 Å². The van der Waals surface area contributed by atoms with Gasteiger partial charge in [-0.1, -0.05) is 0 Å². The Balaban J connectivity index is 2.30. The molecule has 2 aromatic heterocycles. The number of sulfonamides is 1. The molecule has 0 aliphatic heterocycles. The second-order valence-corrected chi connectivity index (χ2v) is 6.26. The molecule has 0 spiro atoms. The van der Waals surface area contributed by atoms with Crippen LogP contribution in [0.25, 0.3) is 0 Å². The molecule has 0 bridgehead atoms. The van der Waals surface area contributed by atoms with Gasteiger partial charge in [0.15, 0.2) is 0 Å². The quantitative estimate of drug-likeness (QED) is 0.831. The van der Waals surface area contributed by atoms with Crippen molar-refractivity contribution in [1.82, 2.24) is 19.5 Å². The van der Waals surface area contributed by atoms with Crippen molar-refractivity contribution in [2.24, 2.45) is 0 Å². The summed E-state index contributed by atoms with van der Waals surface area (Å²) >= 11 is 0. The molecule has 0 unspecified atom stereocenters. The van der Waals surface area contributed by atoms with E-state index in [4.69, 9.17) is 0 Å². The lowest BCUT2D eigenvalue weighted by Crippen LogP contribution is -2.27. The van der Waals surface area contributed by atoms with Gasteiger partial charge in [0.1, 0.15) is 10.7 Å². The van der Waals surface area contributed by atoms with E-state index in [2.05, 4.69) is 20.5 Å². The Morgan fingerprint density at radius 1 is 1.45 bits per heavy atom. The van der Waals surface area contributed by atoms with Gasteiger partial charge in [0.05, 0.1) is 6.20 Å². The number of aromatic nitrogens is 3. The van der Waals surface area contributed by atoms with E-state index in [0.717, 1.165) is 5.56 Å². The van der Waals surface area contributed by atoms with Crippen LogP contribution in [0.3, 0.4) is 0 Å². The van der Waals surface area contributed by atoms with E-state index < -0.39 is 10.0 Å². The fourth-order valence-corrected chi connectivity index (χ4v) is 3.05. The van der Waals surface area contributed by atoms with Crippen LogP contribution in [-0.2, 0) is 16.6 Å². The highest BCUT2D eigenvalue weighted by atomic mass is 32.2. The van der Waals surface area contributed by atoms with Crippen LogP contribution in [0.1, 0.15) is 12.5 Å². The first-order valence-electron chi connectivity index (χ1n) is 6.18. The van der Waals surface area contributed by atoms with Crippen molar-refractivity contribution >= 4 is 15.8 Å². The maximum absolute atomic E-state index is 12.6. The molecule has 0 aromatic carbocycles. The number of hydrogen-bond acceptors (Lipinski definition) is 5. The van der Waals surface area contributed by atoms with Crippen molar-refractivity contribution in [3.8, 4) is 0 Å². The minimum absolute atomic E-state index is 0.174. The van der Waals surface area contributed by atoms with E-state index in [0.29, 0.717) is 12.4 Å². The molecule has 0 aliphatic carbocycles. The van der Waals surface area contributed by atoms with Crippen molar-refractivity contribution in [3.05, 3.63) is 36.3 Å². The van der Waals surface area contributed by atoms with Crippen LogP contribution in [0.15, 0.2) is 35.6 Å². The van der Waals surface area contributed by atoms with Crippen LogP contribution in [-0.4, -0.2) is 41.5 Å². The maximum atomic E-state index is 12.6. The predicted molar refractivity (Wildman–Crippen MR) is 75.6 cm³/mol. The van der Waals surface area contributed by atoms with Crippen LogP contribution < -0.4 is 5.32 Å². The number of pyridine rings is 1. The van der Waals surface area contributed by atoms with Crippen molar-refractivity contribution in [1.29, 1.82) is 0 Å². The minimum atomic E-state index is -3.60. The Hall–Kier alpha value is -1.93. The summed E-state index contributed by atoms with van der Waals surface area (Å²) in [4.78, 5) is 4.25. The number of nitrogens with one attached hydrogen (secondary N) is 2. The predicted octanol–water partition coefficient (Wildman–Crippen LogP) is 1.06. The van der Waals surface area contributed by atoms with Gasteiger partial charge < -0.3 is 5.32 Å². The van der Waals surface area contributed by atoms with Gasteiger partial charge in [-0.05, 0) is 19.1 Å². The van der Waals surface area contributed by atoms with Gasteiger partial charge in [-0.3, -0.25) is 5.10 Å². The van der Waals surface area contributed by atoms with Crippen LogP contribution in [0.2, 0.25) is 0 Å². The minimum Gasteiger partial charge on any atom is -0.369 e. The smallest absolute Gasteiger partial charge is 0.246 e. The molecule has 0 amide bonds. The highest BCUT2D eigenvalue weighted by Gasteiger charge is 2.24. The first-order chi connectivity index (χ1) is 9.55. The van der Waals surface area contributed by atoms with Gasteiger partial charge >= 0.3 is 0 Å². The third-order valence-electron chi connectivity index (χ3n) is 2.76. The molecular weight excluding hydrogens is 278 g/mol. The van der Waals surface area contributed by atoms with E-state index in [1.807, 2.05) is 6.92 Å². The second-order valence-electron chi connectivity index (χ2n) is 4.25. The summed E-state index contributed by atoms with van der Waals surface area (Å²) < 4.78 is 26.4. The molecule has 0 radical (unpaired) electrons. The van der Waals surface area contributed by atoms with Gasteiger partial charge in [0.25, 0.3) is 0 Å². The van der Waals surface area contributed by atoms with Gasteiger partial charge in [0, 0.05) is 38.1 Å². The number of nitrogens with zero attached hydrogens (tertiary/aromatic N) is 3. The Bertz CT molecular complexity index is 654. The third-order valence-corrected chi connectivity index (χ3v) is 4.60. The monoisotopic (exact) mass is 295 g/mol. The SMILES string of the molecule is CCNc1ncccc1S(=O)(=O)N(C)Cc1cn[nH]c1. The van der Waals surface area contributed by atoms with Crippen LogP contribution in [0.4, 0.5) is 5.82 Å². The molecule has 8 heteroatoms. The Morgan fingerprint density at radius 2 is 2.25 bits per heavy atom. The highest BCUT2D eigenvalue weighted by Crippen LogP contribution is 2.22. The standard InChI is InChI=1S/C12H17N5O2S/c1-3-13-12-11(5-4-6-14-12)20(18,19)17(2)9-10-7-15-16-8-10/h4-8H,3,9H2,1-2H3,(H,13,14)(H,15,16).